The Morgan fingerprint density at radius 1 is 1.15 bits per heavy atom. The summed E-state index contributed by atoms with van der Waals surface area (Å²) in [4.78, 5) is 3.74. The van der Waals surface area contributed by atoms with E-state index in [9.17, 15) is 0 Å². The molecule has 0 aromatic carbocycles. The summed E-state index contributed by atoms with van der Waals surface area (Å²) in [7, 11) is 2.00. The van der Waals surface area contributed by atoms with E-state index >= 15 is 0 Å². The lowest BCUT2D eigenvalue weighted by Crippen LogP contribution is -3.00. The molecule has 13 heavy (non-hydrogen) atoms. The minimum absolute atomic E-state index is 0. The van der Waals surface area contributed by atoms with E-state index in [4.69, 9.17) is 0 Å². The van der Waals surface area contributed by atoms with Crippen LogP contribution >= 0.6 is 11.3 Å². The molecule has 0 aliphatic carbocycles. The molecule has 0 radical (unpaired) electrons. The van der Waals surface area contributed by atoms with Gasteiger partial charge in [0.1, 0.15) is 7.05 Å². The molecule has 0 unspecified atom stereocenters. The van der Waals surface area contributed by atoms with Gasteiger partial charge in [0.25, 0.3) is 0 Å². The molecule has 0 spiro atoms. The van der Waals surface area contributed by atoms with E-state index in [1.54, 1.807) is 23.0 Å². The monoisotopic (exact) mass is 306 g/mol. The second-order valence-electron chi connectivity index (χ2n) is 2.22. The smallest absolute Gasteiger partial charge is 0.168 e. The van der Waals surface area contributed by atoms with Crippen LogP contribution in [0.25, 0.3) is 0 Å². The van der Waals surface area contributed by atoms with E-state index in [1.165, 1.54) is 0 Å². The lowest BCUT2D eigenvalue weighted by atomic mass is 10.5. The molecule has 0 atom stereocenters. The zero-order valence-corrected chi connectivity index (χ0v) is 10.3. The Balaban J connectivity index is 0.000000215. The Labute approximate surface area is 99.3 Å². The van der Waals surface area contributed by atoms with Crippen molar-refractivity contribution in [3.05, 3.63) is 47.7 Å². The fraction of sp³-hybridized carbons (Fsp3) is 0.111. The van der Waals surface area contributed by atoms with Crippen LogP contribution in [0.5, 0.6) is 0 Å². The van der Waals surface area contributed by atoms with Crippen molar-refractivity contribution < 1.29 is 28.5 Å². The number of hydrogen-bond acceptors (Lipinski definition) is 2. The van der Waals surface area contributed by atoms with Gasteiger partial charge in [-0.1, -0.05) is 6.07 Å². The van der Waals surface area contributed by atoms with Crippen molar-refractivity contribution in [1.29, 1.82) is 0 Å². The number of thiazole rings is 1. The first-order valence-corrected chi connectivity index (χ1v) is 4.56. The number of aryl methyl sites for hydroxylation is 1. The van der Waals surface area contributed by atoms with Gasteiger partial charge in [0.05, 0.1) is 5.51 Å². The van der Waals surface area contributed by atoms with Crippen LogP contribution in [-0.4, -0.2) is 4.98 Å². The molecule has 4 heteroatoms. The molecule has 2 nitrogen and oxygen atoms in total. The number of nitrogens with zero attached hydrogens (tertiary/aromatic N) is 2. The third kappa shape index (κ3) is 6.65. The molecular weight excluding hydrogens is 295 g/mol. The van der Waals surface area contributed by atoms with Gasteiger partial charge in [-0.3, -0.25) is 4.98 Å². The van der Waals surface area contributed by atoms with Crippen LogP contribution in [-0.2, 0) is 7.05 Å². The normalized spacial score (nSPS) is 7.77. The Kier molecular flexibility index (Phi) is 7.82. The van der Waals surface area contributed by atoms with Gasteiger partial charge in [0.2, 0.25) is 0 Å². The highest BCUT2D eigenvalue weighted by Crippen LogP contribution is 1.85. The van der Waals surface area contributed by atoms with Crippen LogP contribution in [0, 0.1) is 0 Å². The molecule has 2 heterocycles. The van der Waals surface area contributed by atoms with Crippen LogP contribution in [0.4, 0.5) is 0 Å². The number of pyridine rings is 1. The fourth-order valence-electron chi connectivity index (χ4n) is 0.660. The highest BCUT2D eigenvalue weighted by atomic mass is 127. The SMILES string of the molecule is C[n+]1ccccc1.[I-].c1cscn1. The van der Waals surface area contributed by atoms with Crippen molar-refractivity contribution in [2.45, 2.75) is 0 Å². The maximum atomic E-state index is 3.74. The van der Waals surface area contributed by atoms with E-state index in [0.29, 0.717) is 0 Å². The molecule has 2 aromatic rings. The number of hydrogen-bond donors (Lipinski definition) is 0. The summed E-state index contributed by atoms with van der Waals surface area (Å²) >= 11 is 1.60. The number of aromatic nitrogens is 2. The molecule has 0 amide bonds. The second kappa shape index (κ2) is 8.12. The Morgan fingerprint density at radius 3 is 2.08 bits per heavy atom. The van der Waals surface area contributed by atoms with Crippen LogP contribution in [0.3, 0.4) is 0 Å². The van der Waals surface area contributed by atoms with E-state index in [0.717, 1.165) is 0 Å². The third-order valence-electron chi connectivity index (χ3n) is 1.21. The first kappa shape index (κ1) is 12.5. The van der Waals surface area contributed by atoms with E-state index < -0.39 is 0 Å². The van der Waals surface area contributed by atoms with E-state index in [2.05, 4.69) is 4.98 Å². The summed E-state index contributed by atoms with van der Waals surface area (Å²) in [5, 5.41) is 1.93. The quantitative estimate of drug-likeness (QED) is 0.435. The van der Waals surface area contributed by atoms with Crippen molar-refractivity contribution in [3.63, 3.8) is 0 Å². The highest BCUT2D eigenvalue weighted by Gasteiger charge is 1.78. The van der Waals surface area contributed by atoms with Gasteiger partial charge in [-0.2, -0.15) is 0 Å². The molecule has 0 aliphatic rings. The first-order chi connectivity index (χ1) is 5.89. The summed E-state index contributed by atoms with van der Waals surface area (Å²) in [5.41, 5.74) is 1.79. The summed E-state index contributed by atoms with van der Waals surface area (Å²) in [6.45, 7) is 0. The molecule has 0 aliphatic heterocycles. The summed E-state index contributed by atoms with van der Waals surface area (Å²) < 4.78 is 2.00. The summed E-state index contributed by atoms with van der Waals surface area (Å²) in [6.07, 6.45) is 5.77. The van der Waals surface area contributed by atoms with Gasteiger partial charge in [-0.25, -0.2) is 4.57 Å². The zero-order valence-electron chi connectivity index (χ0n) is 7.30. The lowest BCUT2D eigenvalue weighted by Gasteiger charge is -1.77. The predicted molar refractivity (Wildman–Crippen MR) is 49.7 cm³/mol. The van der Waals surface area contributed by atoms with Crippen molar-refractivity contribution in [3.8, 4) is 0 Å². The minimum Gasteiger partial charge on any atom is -1.00 e. The Bertz CT molecular complexity index is 266. The molecular formula is C9H11IN2S. The summed E-state index contributed by atoms with van der Waals surface area (Å²) in [5.74, 6) is 0. The highest BCUT2D eigenvalue weighted by molar-refractivity contribution is 7.07. The van der Waals surface area contributed by atoms with Crippen LogP contribution in [0.2, 0.25) is 0 Å². The Morgan fingerprint density at radius 2 is 1.85 bits per heavy atom. The van der Waals surface area contributed by atoms with Crippen LogP contribution in [0.15, 0.2) is 47.7 Å². The van der Waals surface area contributed by atoms with Crippen LogP contribution < -0.4 is 28.5 Å². The lowest BCUT2D eigenvalue weighted by molar-refractivity contribution is -0.671. The van der Waals surface area contributed by atoms with E-state index in [1.807, 2.05) is 47.6 Å². The largest absolute Gasteiger partial charge is 1.00 e. The molecule has 70 valence electrons. The second-order valence-corrected chi connectivity index (χ2v) is 2.97. The fourth-order valence-corrected chi connectivity index (χ4v) is 1.01. The molecule has 0 saturated heterocycles. The van der Waals surface area contributed by atoms with E-state index in [-0.39, 0.29) is 24.0 Å². The van der Waals surface area contributed by atoms with Crippen LogP contribution in [0.1, 0.15) is 0 Å². The Hall–Kier alpha value is -0.490. The van der Waals surface area contributed by atoms with Gasteiger partial charge in [0.15, 0.2) is 12.4 Å². The first-order valence-electron chi connectivity index (χ1n) is 3.62. The average molecular weight is 306 g/mol. The van der Waals surface area contributed by atoms with Crippen molar-refractivity contribution in [1.82, 2.24) is 4.98 Å². The van der Waals surface area contributed by atoms with Gasteiger partial charge >= 0.3 is 0 Å². The van der Waals surface area contributed by atoms with Gasteiger partial charge in [0, 0.05) is 23.7 Å². The molecule has 0 N–H and O–H groups in total. The maximum absolute atomic E-state index is 3.74. The predicted octanol–water partition coefficient (Wildman–Crippen LogP) is -1.34. The molecule has 0 fully saturated rings. The van der Waals surface area contributed by atoms with Gasteiger partial charge < -0.3 is 24.0 Å². The van der Waals surface area contributed by atoms with Gasteiger partial charge in [-0.05, 0) is 0 Å². The number of halogens is 1. The maximum Gasteiger partial charge on any atom is 0.168 e. The molecule has 2 aromatic heterocycles. The molecule has 0 saturated carbocycles. The topological polar surface area (TPSA) is 16.8 Å². The summed E-state index contributed by atoms with van der Waals surface area (Å²) in [6, 6.07) is 6.00. The molecule has 2 rings (SSSR count). The number of rotatable bonds is 0. The standard InChI is InChI=1S/C6H8N.C3H3NS.HI/c1-7-5-3-2-4-6-7;1-2-5-3-4-1;/h2-6H,1H3;1-3H;1H/q+1;;/p-1. The average Bonchev–Trinajstić information content (AvgIpc) is 2.62. The van der Waals surface area contributed by atoms with Crippen molar-refractivity contribution >= 4 is 11.3 Å². The molecule has 0 bridgehead atoms. The zero-order chi connectivity index (χ0) is 8.65. The third-order valence-corrected chi connectivity index (χ3v) is 1.73. The van der Waals surface area contributed by atoms with Crippen molar-refractivity contribution in [2.24, 2.45) is 7.05 Å². The van der Waals surface area contributed by atoms with Gasteiger partial charge in [-0.15, -0.1) is 11.3 Å². The van der Waals surface area contributed by atoms with Crippen molar-refractivity contribution in [2.75, 3.05) is 0 Å². The minimum atomic E-state index is 0.